The lowest BCUT2D eigenvalue weighted by molar-refractivity contribution is 0.216. The molecule has 0 aliphatic carbocycles. The van der Waals surface area contributed by atoms with Crippen molar-refractivity contribution in [2.45, 2.75) is 17.9 Å². The van der Waals surface area contributed by atoms with Crippen molar-refractivity contribution in [3.05, 3.63) is 41.6 Å². The standard InChI is InChI=1S/C18H22N4O2S/c1-22(11-13-9-19-10-13)12-16-3-4-17(21-20-16)14-2-5-18-15(8-14)6-7-25(18,23)24/h2-5,8,13,19H,6-7,9-12H2,1H3. The molecule has 3 heterocycles. The summed E-state index contributed by atoms with van der Waals surface area (Å²) in [5, 5.41) is 12.0. The van der Waals surface area contributed by atoms with Crippen molar-refractivity contribution in [2.24, 2.45) is 5.92 Å². The molecule has 2 aromatic rings. The zero-order valence-electron chi connectivity index (χ0n) is 14.3. The van der Waals surface area contributed by atoms with Gasteiger partial charge in [-0.15, -0.1) is 0 Å². The Morgan fingerprint density at radius 1 is 1.20 bits per heavy atom. The van der Waals surface area contributed by atoms with Gasteiger partial charge in [0.25, 0.3) is 0 Å². The first kappa shape index (κ1) is 16.6. The monoisotopic (exact) mass is 358 g/mol. The van der Waals surface area contributed by atoms with Gasteiger partial charge in [0, 0.05) is 31.7 Å². The van der Waals surface area contributed by atoms with Gasteiger partial charge in [-0.25, -0.2) is 8.42 Å². The molecular formula is C18H22N4O2S. The summed E-state index contributed by atoms with van der Waals surface area (Å²) in [5.74, 6) is 0.944. The summed E-state index contributed by atoms with van der Waals surface area (Å²) in [6, 6.07) is 9.41. The molecule has 6 nitrogen and oxygen atoms in total. The number of aromatic nitrogens is 2. The number of nitrogens with one attached hydrogen (secondary N) is 1. The second-order valence-corrected chi connectivity index (χ2v) is 9.10. The van der Waals surface area contributed by atoms with Crippen molar-refractivity contribution < 1.29 is 8.42 Å². The van der Waals surface area contributed by atoms with Gasteiger partial charge in [0.1, 0.15) is 0 Å². The molecule has 0 radical (unpaired) electrons. The van der Waals surface area contributed by atoms with E-state index in [2.05, 4.69) is 27.5 Å². The number of fused-ring (bicyclic) bond motifs is 1. The van der Waals surface area contributed by atoms with Crippen LogP contribution in [0.25, 0.3) is 11.3 Å². The van der Waals surface area contributed by atoms with Gasteiger partial charge in [-0.1, -0.05) is 6.07 Å². The van der Waals surface area contributed by atoms with Crippen LogP contribution >= 0.6 is 0 Å². The van der Waals surface area contributed by atoms with Crippen molar-refractivity contribution in [1.82, 2.24) is 20.4 Å². The predicted octanol–water partition coefficient (Wildman–Crippen LogP) is 1.12. The number of aryl methyl sites for hydroxylation is 1. The number of benzene rings is 1. The van der Waals surface area contributed by atoms with E-state index in [1.165, 1.54) is 0 Å². The van der Waals surface area contributed by atoms with E-state index in [1.807, 2.05) is 24.3 Å². The lowest BCUT2D eigenvalue weighted by atomic mass is 10.0. The molecule has 0 unspecified atom stereocenters. The molecule has 4 rings (SSSR count). The zero-order chi connectivity index (χ0) is 17.4. The van der Waals surface area contributed by atoms with E-state index in [9.17, 15) is 8.42 Å². The third-order valence-corrected chi connectivity index (χ3v) is 6.73. The Morgan fingerprint density at radius 2 is 2.04 bits per heavy atom. The largest absolute Gasteiger partial charge is 0.316 e. The van der Waals surface area contributed by atoms with E-state index in [1.54, 1.807) is 6.07 Å². The lowest BCUT2D eigenvalue weighted by Crippen LogP contribution is -2.47. The van der Waals surface area contributed by atoms with Gasteiger partial charge in [-0.3, -0.25) is 0 Å². The van der Waals surface area contributed by atoms with Crippen LogP contribution in [0.4, 0.5) is 0 Å². The molecular weight excluding hydrogens is 336 g/mol. The second kappa shape index (κ2) is 6.48. The Hall–Kier alpha value is -1.83. The molecule has 0 spiro atoms. The van der Waals surface area contributed by atoms with E-state index < -0.39 is 9.84 Å². The quantitative estimate of drug-likeness (QED) is 0.863. The summed E-state index contributed by atoms with van der Waals surface area (Å²) in [7, 11) is -0.972. The predicted molar refractivity (Wildman–Crippen MR) is 95.9 cm³/mol. The first-order chi connectivity index (χ1) is 12.0. The Kier molecular flexibility index (Phi) is 4.31. The molecule has 1 N–H and O–H groups in total. The number of hydrogen-bond donors (Lipinski definition) is 1. The molecule has 25 heavy (non-hydrogen) atoms. The number of rotatable bonds is 5. The average Bonchev–Trinajstić information content (AvgIpc) is 2.87. The van der Waals surface area contributed by atoms with Crippen molar-refractivity contribution in [3.63, 3.8) is 0 Å². The van der Waals surface area contributed by atoms with Crippen LogP contribution in [0.1, 0.15) is 11.3 Å². The van der Waals surface area contributed by atoms with Crippen LogP contribution in [0, 0.1) is 5.92 Å². The smallest absolute Gasteiger partial charge is 0.178 e. The van der Waals surface area contributed by atoms with Crippen molar-refractivity contribution in [1.29, 1.82) is 0 Å². The number of sulfone groups is 1. The van der Waals surface area contributed by atoms with Crippen LogP contribution in [0.15, 0.2) is 35.2 Å². The highest BCUT2D eigenvalue weighted by Gasteiger charge is 2.26. The zero-order valence-corrected chi connectivity index (χ0v) is 15.1. The van der Waals surface area contributed by atoms with Gasteiger partial charge < -0.3 is 10.2 Å². The Morgan fingerprint density at radius 3 is 2.72 bits per heavy atom. The summed E-state index contributed by atoms with van der Waals surface area (Å²) in [5.41, 5.74) is 3.53. The highest BCUT2D eigenvalue weighted by atomic mass is 32.2. The molecule has 1 aromatic heterocycles. The molecule has 2 aliphatic rings. The molecule has 0 saturated carbocycles. The Labute approximate surface area is 148 Å². The lowest BCUT2D eigenvalue weighted by Gasteiger charge is -2.31. The van der Waals surface area contributed by atoms with Crippen LogP contribution in [-0.4, -0.2) is 55.9 Å². The van der Waals surface area contributed by atoms with E-state index in [0.29, 0.717) is 11.3 Å². The average molecular weight is 358 g/mol. The summed E-state index contributed by atoms with van der Waals surface area (Å²) < 4.78 is 23.8. The van der Waals surface area contributed by atoms with Crippen molar-refractivity contribution >= 4 is 9.84 Å². The number of hydrogen-bond acceptors (Lipinski definition) is 6. The molecule has 0 bridgehead atoms. The fourth-order valence-corrected chi connectivity index (χ4v) is 4.99. The fourth-order valence-electron chi connectivity index (χ4n) is 3.45. The molecule has 1 fully saturated rings. The van der Waals surface area contributed by atoms with Gasteiger partial charge in [0.15, 0.2) is 9.84 Å². The summed E-state index contributed by atoms with van der Waals surface area (Å²) >= 11 is 0. The topological polar surface area (TPSA) is 75.2 Å². The molecule has 7 heteroatoms. The van der Waals surface area contributed by atoms with E-state index in [0.717, 1.165) is 54.6 Å². The van der Waals surface area contributed by atoms with Gasteiger partial charge in [-0.2, -0.15) is 10.2 Å². The fraction of sp³-hybridized carbons (Fsp3) is 0.444. The summed E-state index contributed by atoms with van der Waals surface area (Å²) in [6.07, 6.45) is 0.581. The van der Waals surface area contributed by atoms with Gasteiger partial charge in [-0.05, 0) is 49.2 Å². The second-order valence-electron chi connectivity index (χ2n) is 7.02. The molecule has 0 amide bonds. The Bertz CT molecular complexity index is 876. The van der Waals surface area contributed by atoms with E-state index in [-0.39, 0.29) is 5.75 Å². The van der Waals surface area contributed by atoms with E-state index >= 15 is 0 Å². The normalized spacial score (nSPS) is 19.0. The summed E-state index contributed by atoms with van der Waals surface area (Å²) in [6.45, 7) is 4.05. The van der Waals surface area contributed by atoms with Crippen LogP contribution in [0.5, 0.6) is 0 Å². The van der Waals surface area contributed by atoms with Crippen LogP contribution in [0.2, 0.25) is 0 Å². The van der Waals surface area contributed by atoms with E-state index in [4.69, 9.17) is 0 Å². The van der Waals surface area contributed by atoms with Gasteiger partial charge in [0.05, 0.1) is 22.0 Å². The first-order valence-corrected chi connectivity index (χ1v) is 10.2. The minimum absolute atomic E-state index is 0.208. The Balaban J connectivity index is 1.47. The maximum absolute atomic E-state index is 11.9. The third kappa shape index (κ3) is 3.44. The van der Waals surface area contributed by atoms with Crippen LogP contribution in [-0.2, 0) is 22.8 Å². The van der Waals surface area contributed by atoms with Crippen LogP contribution < -0.4 is 5.32 Å². The maximum atomic E-state index is 11.9. The summed E-state index contributed by atoms with van der Waals surface area (Å²) in [4.78, 5) is 2.74. The number of nitrogens with zero attached hydrogens (tertiary/aromatic N) is 3. The minimum Gasteiger partial charge on any atom is -0.316 e. The maximum Gasteiger partial charge on any atom is 0.178 e. The SMILES string of the molecule is CN(Cc1ccc(-c2ccc3c(c2)CCS3(=O)=O)nn1)CC1CNC1. The highest BCUT2D eigenvalue weighted by molar-refractivity contribution is 7.91. The molecule has 1 aromatic carbocycles. The van der Waals surface area contributed by atoms with Crippen molar-refractivity contribution in [3.8, 4) is 11.3 Å². The van der Waals surface area contributed by atoms with Gasteiger partial charge in [0.2, 0.25) is 0 Å². The third-order valence-electron chi connectivity index (χ3n) is 4.92. The van der Waals surface area contributed by atoms with Crippen LogP contribution in [0.3, 0.4) is 0 Å². The van der Waals surface area contributed by atoms with Gasteiger partial charge >= 0.3 is 0 Å². The first-order valence-electron chi connectivity index (χ1n) is 8.59. The molecule has 132 valence electrons. The minimum atomic E-state index is -3.08. The highest BCUT2D eigenvalue weighted by Crippen LogP contribution is 2.29. The molecule has 1 saturated heterocycles. The molecule has 0 atom stereocenters. The molecule has 2 aliphatic heterocycles. The van der Waals surface area contributed by atoms with Crippen molar-refractivity contribution in [2.75, 3.05) is 32.4 Å².